The molecule has 1 aliphatic carbocycles. The molecule has 1 aliphatic heterocycles. The zero-order chi connectivity index (χ0) is 24.9. The number of aromatic nitrogens is 1. The standard InChI is InChI=1S/C31H34N2O2S2/c1-4-18-33(19-5-1)20-21-34-26-14-8-23(9-15-26)22-35-27-16-12-25(13-17-27)30(24-10-11-24)37-31-32-28-6-2-3-7-29(28)36-31/h2-3,6-9,12-17,24,30H,1,4-5,10-11,18-22H2. The summed E-state index contributed by atoms with van der Waals surface area (Å²) >= 11 is 3.72. The van der Waals surface area contributed by atoms with Crippen LogP contribution in [0.4, 0.5) is 0 Å². The number of ether oxygens (including phenoxy) is 2. The van der Waals surface area contributed by atoms with Crippen LogP contribution in [0.1, 0.15) is 48.5 Å². The minimum absolute atomic E-state index is 0.456. The van der Waals surface area contributed by atoms with Crippen LogP contribution < -0.4 is 9.47 Å². The van der Waals surface area contributed by atoms with Gasteiger partial charge in [-0.2, -0.15) is 0 Å². The lowest BCUT2D eigenvalue weighted by Gasteiger charge is -2.26. The minimum atomic E-state index is 0.456. The number of benzene rings is 3. The van der Waals surface area contributed by atoms with Gasteiger partial charge in [-0.1, -0.05) is 54.6 Å². The first-order valence-corrected chi connectivity index (χ1v) is 15.2. The Balaban J connectivity index is 1.00. The molecule has 4 nitrogen and oxygen atoms in total. The number of rotatable bonds is 11. The quantitative estimate of drug-likeness (QED) is 0.184. The minimum Gasteiger partial charge on any atom is -0.492 e. The molecule has 0 amide bonds. The number of hydrogen-bond donors (Lipinski definition) is 0. The highest BCUT2D eigenvalue weighted by Crippen LogP contribution is 2.52. The third-order valence-electron chi connectivity index (χ3n) is 7.21. The second kappa shape index (κ2) is 11.9. The molecule has 2 fully saturated rings. The zero-order valence-corrected chi connectivity index (χ0v) is 22.8. The summed E-state index contributed by atoms with van der Waals surface area (Å²) in [7, 11) is 0. The lowest BCUT2D eigenvalue weighted by molar-refractivity contribution is 0.183. The summed E-state index contributed by atoms with van der Waals surface area (Å²) < 4.78 is 14.5. The van der Waals surface area contributed by atoms with Gasteiger partial charge < -0.3 is 9.47 Å². The third-order valence-corrected chi connectivity index (χ3v) is 9.79. The molecule has 1 aromatic heterocycles. The molecule has 0 N–H and O–H groups in total. The van der Waals surface area contributed by atoms with Crippen molar-refractivity contribution in [1.29, 1.82) is 0 Å². The number of thiazole rings is 1. The Hall–Kier alpha value is -2.54. The van der Waals surface area contributed by atoms with Crippen molar-refractivity contribution in [2.45, 2.75) is 48.3 Å². The predicted octanol–water partition coefficient (Wildman–Crippen LogP) is 7.98. The molecule has 3 aromatic carbocycles. The van der Waals surface area contributed by atoms with Crippen LogP contribution in [0.5, 0.6) is 11.5 Å². The van der Waals surface area contributed by atoms with Crippen molar-refractivity contribution < 1.29 is 9.47 Å². The van der Waals surface area contributed by atoms with Gasteiger partial charge in [0.25, 0.3) is 0 Å². The maximum Gasteiger partial charge on any atom is 0.151 e. The highest BCUT2D eigenvalue weighted by atomic mass is 32.2. The van der Waals surface area contributed by atoms with Crippen LogP contribution in [0.3, 0.4) is 0 Å². The lowest BCUT2D eigenvalue weighted by Crippen LogP contribution is -2.33. The summed E-state index contributed by atoms with van der Waals surface area (Å²) in [5, 5.41) is 0.456. The van der Waals surface area contributed by atoms with Gasteiger partial charge in [-0.15, -0.1) is 11.3 Å². The van der Waals surface area contributed by atoms with Gasteiger partial charge in [0.15, 0.2) is 4.34 Å². The first kappa shape index (κ1) is 24.8. The largest absolute Gasteiger partial charge is 0.492 e. The van der Waals surface area contributed by atoms with Crippen molar-refractivity contribution in [2.75, 3.05) is 26.2 Å². The number of nitrogens with zero attached hydrogens (tertiary/aromatic N) is 2. The average Bonchev–Trinajstić information content (AvgIpc) is 3.71. The van der Waals surface area contributed by atoms with Crippen LogP contribution in [-0.2, 0) is 6.61 Å². The second-order valence-corrected chi connectivity index (χ2v) is 12.5. The van der Waals surface area contributed by atoms with E-state index in [0.717, 1.165) is 46.0 Å². The van der Waals surface area contributed by atoms with Gasteiger partial charge >= 0.3 is 0 Å². The molecular formula is C31H34N2O2S2. The van der Waals surface area contributed by atoms with Crippen LogP contribution >= 0.6 is 23.1 Å². The van der Waals surface area contributed by atoms with E-state index in [0.29, 0.717) is 11.9 Å². The number of para-hydroxylation sites is 1. The van der Waals surface area contributed by atoms with E-state index in [2.05, 4.69) is 77.7 Å². The Morgan fingerprint density at radius 3 is 2.35 bits per heavy atom. The van der Waals surface area contributed by atoms with Gasteiger partial charge in [0.1, 0.15) is 24.7 Å². The molecule has 6 heteroatoms. The smallest absolute Gasteiger partial charge is 0.151 e. The van der Waals surface area contributed by atoms with Crippen molar-refractivity contribution in [3.8, 4) is 11.5 Å². The Morgan fingerprint density at radius 1 is 0.865 bits per heavy atom. The number of hydrogen-bond acceptors (Lipinski definition) is 6. The molecular weight excluding hydrogens is 496 g/mol. The maximum atomic E-state index is 6.10. The molecule has 1 saturated heterocycles. The number of likely N-dealkylation sites (tertiary alicyclic amines) is 1. The Bertz CT molecular complexity index is 1250. The maximum absolute atomic E-state index is 6.10. The summed E-state index contributed by atoms with van der Waals surface area (Å²) in [5.41, 5.74) is 3.62. The van der Waals surface area contributed by atoms with Crippen LogP contribution in [0.2, 0.25) is 0 Å². The molecule has 1 atom stereocenters. The van der Waals surface area contributed by atoms with Gasteiger partial charge in [0.2, 0.25) is 0 Å². The van der Waals surface area contributed by atoms with Crippen LogP contribution in [0.25, 0.3) is 10.2 Å². The first-order chi connectivity index (χ1) is 18.3. The summed E-state index contributed by atoms with van der Waals surface area (Å²) in [4.78, 5) is 7.36. The summed E-state index contributed by atoms with van der Waals surface area (Å²) in [5.74, 6) is 2.58. The van der Waals surface area contributed by atoms with Gasteiger partial charge in [-0.05, 0) is 92.2 Å². The van der Waals surface area contributed by atoms with E-state index < -0.39 is 0 Å². The van der Waals surface area contributed by atoms with Crippen LogP contribution in [-0.4, -0.2) is 36.1 Å². The molecule has 37 heavy (non-hydrogen) atoms. The monoisotopic (exact) mass is 530 g/mol. The summed E-state index contributed by atoms with van der Waals surface area (Å²) in [6.07, 6.45) is 6.62. The van der Waals surface area contributed by atoms with Gasteiger partial charge in [0.05, 0.1) is 10.2 Å². The van der Waals surface area contributed by atoms with Crippen molar-refractivity contribution in [2.24, 2.45) is 5.92 Å². The fourth-order valence-corrected chi connectivity index (χ4v) is 7.52. The molecule has 2 aliphatic rings. The highest BCUT2D eigenvalue weighted by molar-refractivity contribution is 8.01. The van der Waals surface area contributed by atoms with Crippen molar-refractivity contribution in [3.05, 3.63) is 83.9 Å². The summed E-state index contributed by atoms with van der Waals surface area (Å²) in [6, 6.07) is 25.4. The van der Waals surface area contributed by atoms with Crippen LogP contribution in [0.15, 0.2) is 77.1 Å². The van der Waals surface area contributed by atoms with Gasteiger partial charge in [0, 0.05) is 11.8 Å². The average molecular weight is 531 g/mol. The zero-order valence-electron chi connectivity index (χ0n) is 21.2. The Kier molecular flexibility index (Phi) is 7.96. The molecule has 6 rings (SSSR count). The van der Waals surface area contributed by atoms with Gasteiger partial charge in [-0.3, -0.25) is 4.90 Å². The van der Waals surface area contributed by atoms with E-state index in [1.54, 1.807) is 11.3 Å². The van der Waals surface area contributed by atoms with Crippen molar-refractivity contribution >= 4 is 33.3 Å². The molecule has 4 aromatic rings. The van der Waals surface area contributed by atoms with E-state index in [4.69, 9.17) is 14.5 Å². The molecule has 1 saturated carbocycles. The lowest BCUT2D eigenvalue weighted by atomic mass is 10.1. The van der Waals surface area contributed by atoms with Crippen LogP contribution in [0, 0.1) is 5.92 Å². The summed E-state index contributed by atoms with van der Waals surface area (Å²) in [6.45, 7) is 4.75. The Labute approximate surface area is 228 Å². The first-order valence-electron chi connectivity index (χ1n) is 13.5. The fraction of sp³-hybridized carbons (Fsp3) is 0.387. The van der Waals surface area contributed by atoms with E-state index in [-0.39, 0.29) is 0 Å². The second-order valence-electron chi connectivity index (χ2n) is 10.1. The van der Waals surface area contributed by atoms with E-state index in [1.165, 1.54) is 55.5 Å². The van der Waals surface area contributed by atoms with E-state index >= 15 is 0 Å². The number of fused-ring (bicyclic) bond motifs is 1. The topological polar surface area (TPSA) is 34.6 Å². The van der Waals surface area contributed by atoms with Gasteiger partial charge in [-0.25, -0.2) is 4.98 Å². The number of thioether (sulfide) groups is 1. The molecule has 1 unspecified atom stereocenters. The van der Waals surface area contributed by atoms with E-state index in [9.17, 15) is 0 Å². The molecule has 0 bridgehead atoms. The molecule has 0 radical (unpaired) electrons. The van der Waals surface area contributed by atoms with E-state index in [1.807, 2.05) is 11.8 Å². The number of piperidine rings is 1. The normalized spacial score (nSPS) is 17.1. The SMILES string of the molecule is c1ccc2sc(SC(c3ccc(OCc4ccc(OCCN5CCCCC5)cc4)cc3)C3CC3)nc2c1. The molecule has 0 spiro atoms. The van der Waals surface area contributed by atoms with Crippen molar-refractivity contribution in [3.63, 3.8) is 0 Å². The van der Waals surface area contributed by atoms with Crippen molar-refractivity contribution in [1.82, 2.24) is 9.88 Å². The third kappa shape index (κ3) is 6.67. The highest BCUT2D eigenvalue weighted by Gasteiger charge is 2.33. The fourth-order valence-electron chi connectivity index (χ4n) is 4.92. The predicted molar refractivity (Wildman–Crippen MR) is 154 cm³/mol. The molecule has 192 valence electrons. The molecule has 2 heterocycles. The Morgan fingerprint density at radius 2 is 1.59 bits per heavy atom.